The van der Waals surface area contributed by atoms with E-state index in [2.05, 4.69) is 10.5 Å². The summed E-state index contributed by atoms with van der Waals surface area (Å²) in [5.41, 5.74) is 4.98. The van der Waals surface area contributed by atoms with E-state index in [1.165, 1.54) is 0 Å². The number of carbonyl (C=O) groups excluding carboxylic acids is 1. The number of oxime groups is 1. The van der Waals surface area contributed by atoms with Crippen molar-refractivity contribution in [2.75, 3.05) is 6.54 Å². The molecule has 0 bridgehead atoms. The molecule has 0 spiro atoms. The fourth-order valence-corrected chi connectivity index (χ4v) is 1.02. The summed E-state index contributed by atoms with van der Waals surface area (Å²) in [5, 5.41) is 14.2. The van der Waals surface area contributed by atoms with Gasteiger partial charge >= 0.3 is 0 Å². The first-order valence-electron chi connectivity index (χ1n) is 4.73. The summed E-state index contributed by atoms with van der Waals surface area (Å²) in [4.78, 5) is 11.3. The zero-order valence-corrected chi connectivity index (χ0v) is 8.58. The van der Waals surface area contributed by atoms with E-state index in [-0.39, 0.29) is 17.7 Å². The van der Waals surface area contributed by atoms with Crippen molar-refractivity contribution in [3.63, 3.8) is 0 Å². The fraction of sp³-hybridized carbons (Fsp3) is 0.778. The molecule has 0 aromatic rings. The van der Waals surface area contributed by atoms with Crippen LogP contribution < -0.4 is 11.1 Å². The van der Waals surface area contributed by atoms with E-state index in [0.717, 1.165) is 12.8 Å². The first-order chi connectivity index (χ1) is 6.47. The van der Waals surface area contributed by atoms with Crippen molar-refractivity contribution in [2.45, 2.75) is 26.7 Å². The first-order valence-corrected chi connectivity index (χ1v) is 4.73. The summed E-state index contributed by atoms with van der Waals surface area (Å²) in [7, 11) is 0. The highest BCUT2D eigenvalue weighted by Crippen LogP contribution is 2.29. The van der Waals surface area contributed by atoms with Crippen LogP contribution in [-0.4, -0.2) is 23.5 Å². The van der Waals surface area contributed by atoms with E-state index < -0.39 is 5.41 Å². The predicted octanol–water partition coefficient (Wildman–Crippen LogP) is 0.285. The number of nitrogens with zero attached hydrogens (tertiary/aromatic N) is 1. The summed E-state index contributed by atoms with van der Waals surface area (Å²) in [6, 6.07) is 0. The zero-order chi connectivity index (χ0) is 10.8. The number of nitrogens with one attached hydrogen (secondary N) is 1. The highest BCUT2D eigenvalue weighted by atomic mass is 16.4. The highest BCUT2D eigenvalue weighted by Gasteiger charge is 2.31. The van der Waals surface area contributed by atoms with Gasteiger partial charge in [-0.2, -0.15) is 0 Å². The molecule has 0 heterocycles. The Hall–Kier alpha value is -1.26. The minimum Gasteiger partial charge on any atom is -0.409 e. The van der Waals surface area contributed by atoms with Crippen molar-refractivity contribution in [3.05, 3.63) is 0 Å². The smallest absolute Gasteiger partial charge is 0.223 e. The number of nitrogens with two attached hydrogens (primary N) is 1. The molecule has 5 nitrogen and oxygen atoms in total. The van der Waals surface area contributed by atoms with Crippen molar-refractivity contribution in [3.8, 4) is 0 Å². The number of amides is 1. The maximum atomic E-state index is 11.3. The molecule has 0 unspecified atom stereocenters. The Bertz CT molecular complexity index is 257. The Labute approximate surface area is 83.3 Å². The minimum atomic E-state index is -0.501. The van der Waals surface area contributed by atoms with Crippen LogP contribution in [-0.2, 0) is 4.79 Å². The molecule has 0 saturated heterocycles. The summed E-state index contributed by atoms with van der Waals surface area (Å²) >= 11 is 0. The monoisotopic (exact) mass is 199 g/mol. The average molecular weight is 199 g/mol. The first kappa shape index (κ1) is 10.8. The molecule has 1 rings (SSSR count). The molecule has 1 saturated carbocycles. The molecule has 5 heteroatoms. The van der Waals surface area contributed by atoms with Gasteiger partial charge in [-0.25, -0.2) is 0 Å². The van der Waals surface area contributed by atoms with Gasteiger partial charge in [0.1, 0.15) is 5.84 Å². The van der Waals surface area contributed by atoms with Crippen LogP contribution in [0.2, 0.25) is 0 Å². The van der Waals surface area contributed by atoms with E-state index in [4.69, 9.17) is 10.9 Å². The van der Waals surface area contributed by atoms with E-state index in [9.17, 15) is 4.79 Å². The normalized spacial score (nSPS) is 18.0. The SMILES string of the molecule is CC(C)(CNC(=O)C1CC1)C(N)=NO. The summed E-state index contributed by atoms with van der Waals surface area (Å²) < 4.78 is 0. The molecule has 1 aliphatic carbocycles. The van der Waals surface area contributed by atoms with Gasteiger partial charge < -0.3 is 16.3 Å². The lowest BCUT2D eigenvalue weighted by molar-refractivity contribution is -0.122. The van der Waals surface area contributed by atoms with Crippen LogP contribution in [0, 0.1) is 11.3 Å². The molecule has 1 amide bonds. The Morgan fingerprint density at radius 3 is 2.64 bits per heavy atom. The lowest BCUT2D eigenvalue weighted by Crippen LogP contribution is -2.43. The standard InChI is InChI=1S/C9H17N3O2/c1-9(2,8(10)12-14)5-11-7(13)6-3-4-6/h6,14H,3-5H2,1-2H3,(H2,10,12)(H,11,13). The predicted molar refractivity (Wildman–Crippen MR) is 52.9 cm³/mol. The van der Waals surface area contributed by atoms with Gasteiger partial charge in [-0.3, -0.25) is 4.79 Å². The van der Waals surface area contributed by atoms with Crippen molar-refractivity contribution in [2.24, 2.45) is 22.2 Å². The van der Waals surface area contributed by atoms with Crippen LogP contribution >= 0.6 is 0 Å². The van der Waals surface area contributed by atoms with Crippen LogP contribution in [0.1, 0.15) is 26.7 Å². The molecule has 80 valence electrons. The third-order valence-corrected chi connectivity index (χ3v) is 2.45. The quantitative estimate of drug-likeness (QED) is 0.263. The third-order valence-electron chi connectivity index (χ3n) is 2.45. The minimum absolute atomic E-state index is 0.0730. The maximum absolute atomic E-state index is 11.3. The number of rotatable bonds is 4. The van der Waals surface area contributed by atoms with E-state index >= 15 is 0 Å². The largest absolute Gasteiger partial charge is 0.409 e. The Balaban J connectivity index is 2.38. The van der Waals surface area contributed by atoms with Gasteiger partial charge in [0.15, 0.2) is 0 Å². The highest BCUT2D eigenvalue weighted by molar-refractivity contribution is 5.87. The molecule has 1 aliphatic rings. The van der Waals surface area contributed by atoms with Gasteiger partial charge in [0.05, 0.1) is 0 Å². The molecule has 4 N–H and O–H groups in total. The van der Waals surface area contributed by atoms with Crippen molar-refractivity contribution in [1.82, 2.24) is 5.32 Å². The Kier molecular flexibility index (Phi) is 2.98. The number of amidine groups is 1. The van der Waals surface area contributed by atoms with Gasteiger partial charge in [0, 0.05) is 17.9 Å². The van der Waals surface area contributed by atoms with Gasteiger partial charge in [-0.1, -0.05) is 19.0 Å². The van der Waals surface area contributed by atoms with Crippen LogP contribution in [0.4, 0.5) is 0 Å². The third kappa shape index (κ3) is 2.61. The second kappa shape index (κ2) is 3.86. The van der Waals surface area contributed by atoms with Crippen LogP contribution in [0.15, 0.2) is 5.16 Å². The van der Waals surface area contributed by atoms with Crippen LogP contribution in [0.3, 0.4) is 0 Å². The zero-order valence-electron chi connectivity index (χ0n) is 8.58. The van der Waals surface area contributed by atoms with Crippen LogP contribution in [0.25, 0.3) is 0 Å². The van der Waals surface area contributed by atoms with Gasteiger partial charge in [-0.15, -0.1) is 0 Å². The van der Waals surface area contributed by atoms with Crippen molar-refractivity contribution in [1.29, 1.82) is 0 Å². The van der Waals surface area contributed by atoms with Crippen molar-refractivity contribution < 1.29 is 10.0 Å². The van der Waals surface area contributed by atoms with Gasteiger partial charge in [0.25, 0.3) is 0 Å². The van der Waals surface area contributed by atoms with Gasteiger partial charge in [-0.05, 0) is 12.8 Å². The lowest BCUT2D eigenvalue weighted by Gasteiger charge is -2.22. The Morgan fingerprint density at radius 1 is 1.64 bits per heavy atom. The summed E-state index contributed by atoms with van der Waals surface area (Å²) in [5.74, 6) is 0.399. The second-order valence-electron chi connectivity index (χ2n) is 4.36. The molecule has 0 radical (unpaired) electrons. The van der Waals surface area contributed by atoms with Crippen molar-refractivity contribution >= 4 is 11.7 Å². The number of carbonyl (C=O) groups is 1. The topological polar surface area (TPSA) is 87.7 Å². The summed E-state index contributed by atoms with van der Waals surface area (Å²) in [6.07, 6.45) is 1.96. The Morgan fingerprint density at radius 2 is 2.21 bits per heavy atom. The fourth-order valence-electron chi connectivity index (χ4n) is 1.02. The maximum Gasteiger partial charge on any atom is 0.223 e. The molecule has 14 heavy (non-hydrogen) atoms. The molecule has 0 atom stereocenters. The lowest BCUT2D eigenvalue weighted by atomic mass is 9.92. The molecule has 0 aromatic carbocycles. The molecule has 0 aliphatic heterocycles. The number of hydrogen-bond donors (Lipinski definition) is 3. The molecular formula is C9H17N3O2. The molecule has 1 fully saturated rings. The number of hydrogen-bond acceptors (Lipinski definition) is 3. The average Bonchev–Trinajstić information content (AvgIpc) is 2.96. The van der Waals surface area contributed by atoms with E-state index in [0.29, 0.717) is 6.54 Å². The van der Waals surface area contributed by atoms with E-state index in [1.54, 1.807) is 0 Å². The van der Waals surface area contributed by atoms with E-state index in [1.807, 2.05) is 13.8 Å². The van der Waals surface area contributed by atoms with Crippen LogP contribution in [0.5, 0.6) is 0 Å². The molecular weight excluding hydrogens is 182 g/mol. The molecule has 0 aromatic heterocycles. The second-order valence-corrected chi connectivity index (χ2v) is 4.36. The van der Waals surface area contributed by atoms with Gasteiger partial charge in [0.2, 0.25) is 5.91 Å². The summed E-state index contributed by atoms with van der Waals surface area (Å²) in [6.45, 7) is 4.03.